The lowest BCUT2D eigenvalue weighted by molar-refractivity contribution is 0.173. The number of hydrogen-bond acceptors (Lipinski definition) is 6. The molecular formula is C15H12N2O4. The van der Waals surface area contributed by atoms with E-state index in [-0.39, 0.29) is 13.4 Å². The minimum absolute atomic E-state index is 0.230. The summed E-state index contributed by atoms with van der Waals surface area (Å²) in [5.74, 6) is 2.56. The van der Waals surface area contributed by atoms with Crippen molar-refractivity contribution in [3.8, 4) is 17.2 Å². The third kappa shape index (κ3) is 2.20. The van der Waals surface area contributed by atoms with Crippen LogP contribution in [0, 0.1) is 0 Å². The second kappa shape index (κ2) is 4.59. The molecule has 21 heavy (non-hydrogen) atoms. The number of hydrogen-bond donors (Lipinski definition) is 1. The Balaban J connectivity index is 1.52. The monoisotopic (exact) mass is 284 g/mol. The average molecular weight is 284 g/mol. The number of nitrogens with zero attached hydrogens (tertiary/aromatic N) is 1. The molecule has 0 aliphatic carbocycles. The molecule has 0 atom stereocenters. The van der Waals surface area contributed by atoms with Gasteiger partial charge in [-0.05, 0) is 30.3 Å². The van der Waals surface area contributed by atoms with E-state index in [4.69, 9.17) is 24.4 Å². The van der Waals surface area contributed by atoms with Crippen LogP contribution in [0.3, 0.4) is 0 Å². The number of rotatable bonds is 3. The number of oxazole rings is 1. The van der Waals surface area contributed by atoms with Crippen molar-refractivity contribution in [1.29, 1.82) is 0 Å². The van der Waals surface area contributed by atoms with E-state index in [1.54, 1.807) is 24.3 Å². The minimum Gasteiger partial charge on any atom is -0.484 e. The number of anilines is 1. The lowest BCUT2D eigenvalue weighted by atomic mass is 10.3. The Hall–Kier alpha value is -2.89. The van der Waals surface area contributed by atoms with Gasteiger partial charge in [0.2, 0.25) is 12.7 Å². The van der Waals surface area contributed by atoms with Crippen molar-refractivity contribution < 1.29 is 18.6 Å². The third-order valence-electron chi connectivity index (χ3n) is 3.16. The summed E-state index contributed by atoms with van der Waals surface area (Å²) >= 11 is 0. The highest BCUT2D eigenvalue weighted by molar-refractivity contribution is 5.76. The molecule has 106 valence electrons. The van der Waals surface area contributed by atoms with Crippen LogP contribution in [0.2, 0.25) is 0 Å². The molecule has 0 amide bonds. The van der Waals surface area contributed by atoms with Crippen molar-refractivity contribution in [2.75, 3.05) is 12.5 Å². The molecule has 1 aliphatic heterocycles. The summed E-state index contributed by atoms with van der Waals surface area (Å²) in [6, 6.07) is 10.7. The van der Waals surface area contributed by atoms with E-state index in [1.807, 2.05) is 12.1 Å². The summed E-state index contributed by atoms with van der Waals surface area (Å²) in [5.41, 5.74) is 7.77. The molecular weight excluding hydrogens is 272 g/mol. The first-order valence-electron chi connectivity index (χ1n) is 6.45. The van der Waals surface area contributed by atoms with Gasteiger partial charge in [0.15, 0.2) is 23.7 Å². The molecule has 0 spiro atoms. The molecule has 0 unspecified atom stereocenters. The highest BCUT2D eigenvalue weighted by atomic mass is 16.7. The molecule has 2 aromatic carbocycles. The summed E-state index contributed by atoms with van der Waals surface area (Å²) in [6.07, 6.45) is 0. The molecule has 3 aromatic rings. The summed E-state index contributed by atoms with van der Waals surface area (Å²) in [5, 5.41) is 0. The average Bonchev–Trinajstić information content (AvgIpc) is 3.09. The summed E-state index contributed by atoms with van der Waals surface area (Å²) in [6.45, 7) is 0.472. The maximum absolute atomic E-state index is 5.71. The Bertz CT molecular complexity index is 813. The number of ether oxygens (including phenoxy) is 3. The van der Waals surface area contributed by atoms with Crippen LogP contribution in [0.25, 0.3) is 11.1 Å². The van der Waals surface area contributed by atoms with E-state index in [0.717, 1.165) is 11.3 Å². The summed E-state index contributed by atoms with van der Waals surface area (Å²) in [4.78, 5) is 4.33. The van der Waals surface area contributed by atoms with Crippen LogP contribution in [0.5, 0.6) is 17.2 Å². The van der Waals surface area contributed by atoms with Crippen molar-refractivity contribution >= 4 is 16.8 Å². The van der Waals surface area contributed by atoms with E-state index < -0.39 is 0 Å². The van der Waals surface area contributed by atoms with Gasteiger partial charge in [0.05, 0.1) is 0 Å². The van der Waals surface area contributed by atoms with Crippen molar-refractivity contribution in [2.24, 2.45) is 0 Å². The quantitative estimate of drug-likeness (QED) is 0.745. The molecule has 6 heteroatoms. The molecule has 0 bridgehead atoms. The number of benzene rings is 2. The molecule has 2 N–H and O–H groups in total. The van der Waals surface area contributed by atoms with Gasteiger partial charge >= 0.3 is 0 Å². The predicted octanol–water partition coefficient (Wildman–Crippen LogP) is 2.72. The predicted molar refractivity (Wildman–Crippen MR) is 75.3 cm³/mol. The largest absolute Gasteiger partial charge is 0.484 e. The van der Waals surface area contributed by atoms with Crippen molar-refractivity contribution in [3.05, 3.63) is 42.3 Å². The zero-order valence-electron chi connectivity index (χ0n) is 11.0. The van der Waals surface area contributed by atoms with Crippen LogP contribution < -0.4 is 19.9 Å². The first-order valence-corrected chi connectivity index (χ1v) is 6.45. The van der Waals surface area contributed by atoms with E-state index in [0.29, 0.717) is 28.7 Å². The van der Waals surface area contributed by atoms with E-state index in [2.05, 4.69) is 4.98 Å². The fourth-order valence-electron chi connectivity index (χ4n) is 2.17. The van der Waals surface area contributed by atoms with Crippen LogP contribution >= 0.6 is 0 Å². The Morgan fingerprint density at radius 3 is 2.95 bits per heavy atom. The number of nitrogens with two attached hydrogens (primary N) is 1. The fourth-order valence-corrected chi connectivity index (χ4v) is 2.17. The molecule has 0 fully saturated rings. The van der Waals surface area contributed by atoms with Gasteiger partial charge in [-0.3, -0.25) is 0 Å². The van der Waals surface area contributed by atoms with Crippen molar-refractivity contribution in [1.82, 2.24) is 4.98 Å². The van der Waals surface area contributed by atoms with Gasteiger partial charge in [0.1, 0.15) is 11.3 Å². The lowest BCUT2D eigenvalue weighted by Gasteiger charge is -2.04. The highest BCUT2D eigenvalue weighted by Gasteiger charge is 2.14. The normalized spacial score (nSPS) is 12.8. The van der Waals surface area contributed by atoms with Crippen LogP contribution in [0.1, 0.15) is 5.89 Å². The smallest absolute Gasteiger partial charge is 0.233 e. The van der Waals surface area contributed by atoms with Gasteiger partial charge in [-0.1, -0.05) is 0 Å². The third-order valence-corrected chi connectivity index (χ3v) is 3.16. The van der Waals surface area contributed by atoms with E-state index >= 15 is 0 Å². The minimum atomic E-state index is 0.230. The zero-order chi connectivity index (χ0) is 14.2. The molecule has 1 aromatic heterocycles. The van der Waals surface area contributed by atoms with Gasteiger partial charge in [-0.2, -0.15) is 0 Å². The Morgan fingerprint density at radius 1 is 1.10 bits per heavy atom. The van der Waals surface area contributed by atoms with Crippen molar-refractivity contribution in [2.45, 2.75) is 6.61 Å². The lowest BCUT2D eigenvalue weighted by Crippen LogP contribution is -1.95. The van der Waals surface area contributed by atoms with Crippen LogP contribution in [-0.2, 0) is 6.61 Å². The fraction of sp³-hybridized carbons (Fsp3) is 0.133. The molecule has 0 saturated heterocycles. The van der Waals surface area contributed by atoms with Gasteiger partial charge in [-0.25, -0.2) is 4.98 Å². The molecule has 4 rings (SSSR count). The highest BCUT2D eigenvalue weighted by Crippen LogP contribution is 2.35. The standard InChI is InChI=1S/C15H12N2O4/c16-9-1-3-12-11(5-9)17-15(21-12)7-18-10-2-4-13-14(6-10)20-8-19-13/h1-6H,7-8,16H2. The van der Waals surface area contributed by atoms with Crippen LogP contribution in [0.15, 0.2) is 40.8 Å². The van der Waals surface area contributed by atoms with Gasteiger partial charge in [0, 0.05) is 11.8 Å². The van der Waals surface area contributed by atoms with Gasteiger partial charge in [0.25, 0.3) is 0 Å². The maximum atomic E-state index is 5.71. The summed E-state index contributed by atoms with van der Waals surface area (Å²) < 4.78 is 21.8. The molecule has 2 heterocycles. The van der Waals surface area contributed by atoms with Crippen LogP contribution in [0.4, 0.5) is 5.69 Å². The second-order valence-corrected chi connectivity index (χ2v) is 4.64. The SMILES string of the molecule is Nc1ccc2oc(COc3ccc4c(c3)OCO4)nc2c1. The first kappa shape index (κ1) is 11.9. The Kier molecular flexibility index (Phi) is 2.60. The molecule has 1 aliphatic rings. The molecule has 0 radical (unpaired) electrons. The maximum Gasteiger partial charge on any atom is 0.233 e. The molecule has 0 saturated carbocycles. The zero-order valence-corrected chi connectivity index (χ0v) is 11.0. The Morgan fingerprint density at radius 2 is 2.00 bits per heavy atom. The summed E-state index contributed by atoms with van der Waals surface area (Å²) in [7, 11) is 0. The second-order valence-electron chi connectivity index (χ2n) is 4.64. The van der Waals surface area contributed by atoms with E-state index in [9.17, 15) is 0 Å². The van der Waals surface area contributed by atoms with Crippen molar-refractivity contribution in [3.63, 3.8) is 0 Å². The number of fused-ring (bicyclic) bond motifs is 2. The Labute approximate surface area is 120 Å². The van der Waals surface area contributed by atoms with Crippen LogP contribution in [-0.4, -0.2) is 11.8 Å². The van der Waals surface area contributed by atoms with E-state index in [1.165, 1.54) is 0 Å². The van der Waals surface area contributed by atoms with Gasteiger partial charge < -0.3 is 24.4 Å². The molecule has 6 nitrogen and oxygen atoms in total. The van der Waals surface area contributed by atoms with Gasteiger partial charge in [-0.15, -0.1) is 0 Å². The number of nitrogen functional groups attached to an aromatic ring is 1. The number of aromatic nitrogens is 1. The first-order chi connectivity index (χ1) is 10.3. The topological polar surface area (TPSA) is 79.7 Å².